The molecule has 1 unspecified atom stereocenters. The van der Waals surface area contributed by atoms with Crippen molar-refractivity contribution in [3.8, 4) is 0 Å². The molecule has 5 heteroatoms. The Morgan fingerprint density at radius 1 is 1.18 bits per heavy atom. The first-order valence-corrected chi connectivity index (χ1v) is 5.02. The average Bonchev–Trinajstić information content (AvgIpc) is 2.76. The van der Waals surface area contributed by atoms with Gasteiger partial charge in [0.05, 0.1) is 12.3 Å². The summed E-state index contributed by atoms with van der Waals surface area (Å²) in [5.74, 6) is -2.36. The molecule has 0 aliphatic rings. The first-order chi connectivity index (χ1) is 8.08. The monoisotopic (exact) mass is 241 g/mol. The lowest BCUT2D eigenvalue weighted by atomic mass is 10.2. The third-order valence-electron chi connectivity index (χ3n) is 2.34. The summed E-state index contributed by atoms with van der Waals surface area (Å²) >= 11 is 0. The lowest BCUT2D eigenvalue weighted by Gasteiger charge is -2.14. The smallest absolute Gasteiger partial charge is 0.152 e. The van der Waals surface area contributed by atoms with Gasteiger partial charge in [0.25, 0.3) is 0 Å². The Balaban J connectivity index is 2.25. The van der Waals surface area contributed by atoms with E-state index in [1.165, 1.54) is 6.26 Å². The molecule has 1 aromatic heterocycles. The standard InChI is InChI=1S/C12H10F3NO/c1-7(11-3-2-4-17-11)16-12-9(14)5-8(13)6-10(12)15/h2-7,16H,1H3. The lowest BCUT2D eigenvalue weighted by molar-refractivity contribution is 0.486. The Hall–Kier alpha value is -1.91. The van der Waals surface area contributed by atoms with Crippen molar-refractivity contribution < 1.29 is 17.6 Å². The first kappa shape index (κ1) is 11.6. The zero-order chi connectivity index (χ0) is 12.4. The fraction of sp³-hybridized carbons (Fsp3) is 0.167. The molecule has 0 amide bonds. The third-order valence-corrected chi connectivity index (χ3v) is 2.34. The number of nitrogens with one attached hydrogen (secondary N) is 1. The van der Waals surface area contributed by atoms with Gasteiger partial charge in [0.15, 0.2) is 11.6 Å². The van der Waals surface area contributed by atoms with Gasteiger partial charge < -0.3 is 9.73 Å². The van der Waals surface area contributed by atoms with Crippen molar-refractivity contribution in [2.75, 3.05) is 5.32 Å². The molecular formula is C12H10F3NO. The Kier molecular flexibility index (Phi) is 3.08. The maximum absolute atomic E-state index is 13.3. The second-order valence-corrected chi connectivity index (χ2v) is 3.63. The minimum atomic E-state index is -0.971. The number of hydrogen-bond donors (Lipinski definition) is 1. The molecule has 2 rings (SSSR count). The quantitative estimate of drug-likeness (QED) is 0.882. The predicted octanol–water partition coefficient (Wildman–Crippen LogP) is 3.87. The molecule has 1 aromatic carbocycles. The van der Waals surface area contributed by atoms with E-state index < -0.39 is 23.5 Å². The summed E-state index contributed by atoms with van der Waals surface area (Å²) in [7, 11) is 0. The second-order valence-electron chi connectivity index (χ2n) is 3.63. The molecule has 2 aromatic rings. The highest BCUT2D eigenvalue weighted by Crippen LogP contribution is 2.25. The van der Waals surface area contributed by atoms with Gasteiger partial charge in [-0.05, 0) is 19.1 Å². The van der Waals surface area contributed by atoms with Crippen LogP contribution in [0.1, 0.15) is 18.7 Å². The highest BCUT2D eigenvalue weighted by molar-refractivity contribution is 5.47. The van der Waals surface area contributed by atoms with Crippen LogP contribution in [0.25, 0.3) is 0 Å². The average molecular weight is 241 g/mol. The molecule has 0 spiro atoms. The van der Waals surface area contributed by atoms with Gasteiger partial charge in [-0.3, -0.25) is 0 Å². The van der Waals surface area contributed by atoms with Crippen LogP contribution in [0.2, 0.25) is 0 Å². The van der Waals surface area contributed by atoms with Crippen LogP contribution in [0.4, 0.5) is 18.9 Å². The van der Waals surface area contributed by atoms with Crippen molar-refractivity contribution in [3.05, 3.63) is 53.7 Å². The third kappa shape index (κ3) is 2.43. The molecule has 0 aliphatic carbocycles. The molecule has 1 heterocycles. The Labute approximate surface area is 96.1 Å². The van der Waals surface area contributed by atoms with Crippen LogP contribution < -0.4 is 5.32 Å². The lowest BCUT2D eigenvalue weighted by Crippen LogP contribution is -2.09. The van der Waals surface area contributed by atoms with Gasteiger partial charge in [-0.25, -0.2) is 13.2 Å². The second kappa shape index (κ2) is 4.53. The normalized spacial score (nSPS) is 12.5. The maximum Gasteiger partial charge on any atom is 0.152 e. The fourth-order valence-electron chi connectivity index (χ4n) is 1.51. The van der Waals surface area contributed by atoms with Crippen LogP contribution in [-0.4, -0.2) is 0 Å². The maximum atomic E-state index is 13.3. The number of hydrogen-bond acceptors (Lipinski definition) is 2. The Morgan fingerprint density at radius 3 is 2.35 bits per heavy atom. The number of halogens is 3. The number of anilines is 1. The van der Waals surface area contributed by atoms with Crippen LogP contribution in [0.5, 0.6) is 0 Å². The van der Waals surface area contributed by atoms with E-state index in [1.54, 1.807) is 19.1 Å². The van der Waals surface area contributed by atoms with E-state index in [0.29, 0.717) is 17.9 Å². The molecule has 0 bridgehead atoms. The van der Waals surface area contributed by atoms with Gasteiger partial charge in [-0.15, -0.1) is 0 Å². The molecular weight excluding hydrogens is 231 g/mol. The molecule has 90 valence electrons. The summed E-state index contributed by atoms with van der Waals surface area (Å²) in [5, 5.41) is 2.60. The van der Waals surface area contributed by atoms with Crippen LogP contribution in [0.15, 0.2) is 34.9 Å². The summed E-state index contributed by atoms with van der Waals surface area (Å²) in [4.78, 5) is 0. The van der Waals surface area contributed by atoms with Gasteiger partial charge in [-0.2, -0.15) is 0 Å². The molecule has 0 fully saturated rings. The van der Waals surface area contributed by atoms with Crippen molar-refractivity contribution in [2.45, 2.75) is 13.0 Å². The van der Waals surface area contributed by atoms with Crippen molar-refractivity contribution >= 4 is 5.69 Å². The van der Waals surface area contributed by atoms with Crippen molar-refractivity contribution in [2.24, 2.45) is 0 Å². The van der Waals surface area contributed by atoms with E-state index in [4.69, 9.17) is 4.42 Å². The van der Waals surface area contributed by atoms with E-state index in [9.17, 15) is 13.2 Å². The number of benzene rings is 1. The van der Waals surface area contributed by atoms with E-state index in [1.807, 2.05) is 0 Å². The molecule has 0 saturated heterocycles. The van der Waals surface area contributed by atoms with Crippen LogP contribution in [-0.2, 0) is 0 Å². The van der Waals surface area contributed by atoms with Gasteiger partial charge >= 0.3 is 0 Å². The van der Waals surface area contributed by atoms with Crippen LogP contribution in [0, 0.1) is 17.5 Å². The highest BCUT2D eigenvalue weighted by Gasteiger charge is 2.15. The molecule has 17 heavy (non-hydrogen) atoms. The largest absolute Gasteiger partial charge is 0.467 e. The van der Waals surface area contributed by atoms with Crippen LogP contribution in [0.3, 0.4) is 0 Å². The minimum absolute atomic E-state index is 0.365. The fourth-order valence-corrected chi connectivity index (χ4v) is 1.51. The predicted molar refractivity (Wildman–Crippen MR) is 57.1 cm³/mol. The van der Waals surface area contributed by atoms with E-state index in [-0.39, 0.29) is 5.69 Å². The first-order valence-electron chi connectivity index (χ1n) is 5.02. The molecule has 0 saturated carbocycles. The molecule has 0 aliphatic heterocycles. The molecule has 1 atom stereocenters. The van der Waals surface area contributed by atoms with E-state index in [2.05, 4.69) is 5.32 Å². The molecule has 1 N–H and O–H groups in total. The van der Waals surface area contributed by atoms with Gasteiger partial charge in [-0.1, -0.05) is 0 Å². The van der Waals surface area contributed by atoms with Crippen molar-refractivity contribution in [1.82, 2.24) is 0 Å². The highest BCUT2D eigenvalue weighted by atomic mass is 19.1. The van der Waals surface area contributed by atoms with E-state index >= 15 is 0 Å². The summed E-state index contributed by atoms with van der Waals surface area (Å²) in [6.07, 6.45) is 1.46. The molecule has 0 radical (unpaired) electrons. The minimum Gasteiger partial charge on any atom is -0.467 e. The SMILES string of the molecule is CC(Nc1c(F)cc(F)cc1F)c1ccco1. The Bertz CT molecular complexity index is 487. The molecule has 2 nitrogen and oxygen atoms in total. The van der Waals surface area contributed by atoms with Crippen LogP contribution >= 0.6 is 0 Å². The number of rotatable bonds is 3. The topological polar surface area (TPSA) is 25.2 Å². The summed E-state index contributed by atoms with van der Waals surface area (Å²) < 4.78 is 44.5. The zero-order valence-electron chi connectivity index (χ0n) is 9.01. The summed E-state index contributed by atoms with van der Waals surface area (Å²) in [5.41, 5.74) is -0.365. The summed E-state index contributed by atoms with van der Waals surface area (Å²) in [6.45, 7) is 1.68. The van der Waals surface area contributed by atoms with Crippen molar-refractivity contribution in [3.63, 3.8) is 0 Å². The van der Waals surface area contributed by atoms with Crippen molar-refractivity contribution in [1.29, 1.82) is 0 Å². The Morgan fingerprint density at radius 2 is 1.82 bits per heavy atom. The van der Waals surface area contributed by atoms with Gasteiger partial charge in [0, 0.05) is 12.1 Å². The number of furan rings is 1. The zero-order valence-corrected chi connectivity index (χ0v) is 9.01. The summed E-state index contributed by atoms with van der Waals surface area (Å²) in [6, 6.07) is 4.18. The van der Waals surface area contributed by atoms with Gasteiger partial charge in [0.1, 0.15) is 17.3 Å². The van der Waals surface area contributed by atoms with Gasteiger partial charge in [0.2, 0.25) is 0 Å². The van der Waals surface area contributed by atoms with E-state index in [0.717, 1.165) is 0 Å².